The molecule has 1 aliphatic rings. The Hall–Kier alpha value is -3.20. The SMILES string of the molecule is COc1ccc(NC(=O)C(c2ccccc2)N(C(=O)C(CCSC)NC(=O)OC(C)(C)C)C2CC2)cc1. The standard InChI is InChI=1S/C28H37N3O5S/c1-28(2,3)36-27(34)30-23(17-18-37-5)26(33)31(21-13-14-21)24(19-9-7-6-8-10-19)25(32)29-20-11-15-22(35-4)16-12-20/h6-12,15-16,21,23-24H,13-14,17-18H2,1-5H3,(H,29,32)(H,30,34). The molecule has 2 aromatic rings. The Morgan fingerprint density at radius 2 is 1.70 bits per heavy atom. The van der Waals surface area contributed by atoms with E-state index in [4.69, 9.17) is 9.47 Å². The molecule has 0 saturated heterocycles. The Labute approximate surface area is 223 Å². The molecule has 9 heteroatoms. The molecule has 37 heavy (non-hydrogen) atoms. The Morgan fingerprint density at radius 1 is 1.05 bits per heavy atom. The number of benzene rings is 2. The van der Waals surface area contributed by atoms with Crippen LogP contribution < -0.4 is 15.4 Å². The van der Waals surface area contributed by atoms with Gasteiger partial charge >= 0.3 is 6.09 Å². The van der Waals surface area contributed by atoms with Crippen molar-refractivity contribution < 1.29 is 23.9 Å². The van der Waals surface area contributed by atoms with Crippen molar-refractivity contribution in [1.82, 2.24) is 10.2 Å². The van der Waals surface area contributed by atoms with Crippen molar-refractivity contribution in [3.63, 3.8) is 0 Å². The summed E-state index contributed by atoms with van der Waals surface area (Å²) >= 11 is 1.59. The topological polar surface area (TPSA) is 97.0 Å². The lowest BCUT2D eigenvalue weighted by molar-refractivity contribution is -0.141. The van der Waals surface area contributed by atoms with Gasteiger partial charge in [0.05, 0.1) is 7.11 Å². The molecule has 1 fully saturated rings. The van der Waals surface area contributed by atoms with Crippen LogP contribution in [0.3, 0.4) is 0 Å². The first-order chi connectivity index (χ1) is 17.6. The zero-order chi connectivity index (χ0) is 27.0. The Bertz CT molecular complexity index is 1050. The largest absolute Gasteiger partial charge is 0.497 e. The van der Waals surface area contributed by atoms with Crippen molar-refractivity contribution in [2.24, 2.45) is 0 Å². The number of rotatable bonds is 11. The number of methoxy groups -OCH3 is 1. The van der Waals surface area contributed by atoms with Gasteiger partial charge in [-0.05, 0) is 81.9 Å². The molecule has 0 bridgehead atoms. The highest BCUT2D eigenvalue weighted by Gasteiger charge is 2.44. The van der Waals surface area contributed by atoms with Gasteiger partial charge in [-0.2, -0.15) is 11.8 Å². The Kier molecular flexibility index (Phi) is 9.86. The average Bonchev–Trinajstić information content (AvgIpc) is 3.69. The number of carbonyl (C=O) groups excluding carboxylic acids is 3. The predicted octanol–water partition coefficient (Wildman–Crippen LogP) is 5.01. The number of anilines is 1. The van der Waals surface area contributed by atoms with Gasteiger partial charge in [0.1, 0.15) is 23.4 Å². The normalized spacial score (nSPS) is 14.7. The smallest absolute Gasteiger partial charge is 0.408 e. The van der Waals surface area contributed by atoms with Gasteiger partial charge in [-0.3, -0.25) is 9.59 Å². The molecule has 0 aromatic heterocycles. The first-order valence-electron chi connectivity index (χ1n) is 12.4. The van der Waals surface area contributed by atoms with Crippen molar-refractivity contribution in [2.75, 3.05) is 24.4 Å². The molecule has 3 amide bonds. The number of hydrogen-bond acceptors (Lipinski definition) is 6. The number of alkyl carbamates (subject to hydrolysis) is 1. The number of thioether (sulfide) groups is 1. The van der Waals surface area contributed by atoms with Gasteiger partial charge in [-0.1, -0.05) is 30.3 Å². The zero-order valence-corrected chi connectivity index (χ0v) is 23.0. The van der Waals surface area contributed by atoms with Crippen LogP contribution in [-0.2, 0) is 14.3 Å². The molecule has 8 nitrogen and oxygen atoms in total. The number of amides is 3. The maximum Gasteiger partial charge on any atom is 0.408 e. The van der Waals surface area contributed by atoms with E-state index in [9.17, 15) is 14.4 Å². The van der Waals surface area contributed by atoms with Crippen LogP contribution in [0, 0.1) is 0 Å². The summed E-state index contributed by atoms with van der Waals surface area (Å²) in [4.78, 5) is 42.0. The molecule has 1 saturated carbocycles. The third-order valence-corrected chi connectivity index (χ3v) is 6.44. The monoisotopic (exact) mass is 527 g/mol. The summed E-state index contributed by atoms with van der Waals surface area (Å²) in [5.41, 5.74) is 0.605. The highest BCUT2D eigenvalue weighted by molar-refractivity contribution is 7.98. The molecular formula is C28H37N3O5S. The molecule has 2 unspecified atom stereocenters. The average molecular weight is 528 g/mol. The maximum absolute atomic E-state index is 14.0. The number of carbonyl (C=O) groups is 3. The Morgan fingerprint density at radius 3 is 2.24 bits per heavy atom. The van der Waals surface area contributed by atoms with Crippen molar-refractivity contribution in [3.05, 3.63) is 60.2 Å². The van der Waals surface area contributed by atoms with Crippen molar-refractivity contribution in [3.8, 4) is 5.75 Å². The molecule has 200 valence electrons. The summed E-state index contributed by atoms with van der Waals surface area (Å²) in [6.45, 7) is 5.32. The van der Waals surface area contributed by atoms with Crippen LogP contribution in [0.4, 0.5) is 10.5 Å². The second-order valence-corrected chi connectivity index (χ2v) is 11.0. The van der Waals surface area contributed by atoms with Gasteiger partial charge in [0.2, 0.25) is 5.91 Å². The van der Waals surface area contributed by atoms with E-state index in [2.05, 4.69) is 10.6 Å². The quantitative estimate of drug-likeness (QED) is 0.426. The van der Waals surface area contributed by atoms with Crippen LogP contribution in [-0.4, -0.2) is 59.6 Å². The fourth-order valence-electron chi connectivity index (χ4n) is 3.95. The lowest BCUT2D eigenvalue weighted by Crippen LogP contribution is -2.53. The summed E-state index contributed by atoms with van der Waals surface area (Å²) in [5.74, 6) is 0.731. The van der Waals surface area contributed by atoms with Gasteiger partial charge < -0.3 is 25.0 Å². The van der Waals surface area contributed by atoms with Gasteiger partial charge in [0.15, 0.2) is 0 Å². The molecule has 2 aromatic carbocycles. The van der Waals surface area contributed by atoms with E-state index in [0.717, 1.165) is 12.8 Å². The molecule has 0 spiro atoms. The highest BCUT2D eigenvalue weighted by Crippen LogP contribution is 2.36. The number of nitrogens with one attached hydrogen (secondary N) is 2. The third kappa shape index (κ3) is 8.42. The summed E-state index contributed by atoms with van der Waals surface area (Å²) in [6.07, 6.45) is 3.31. The molecule has 2 N–H and O–H groups in total. The van der Waals surface area contributed by atoms with Crippen LogP contribution >= 0.6 is 11.8 Å². The second kappa shape index (κ2) is 12.9. The number of hydrogen-bond donors (Lipinski definition) is 2. The van der Waals surface area contributed by atoms with Gasteiger partial charge in [0, 0.05) is 11.7 Å². The van der Waals surface area contributed by atoms with Crippen molar-refractivity contribution in [2.45, 2.75) is 63.8 Å². The van der Waals surface area contributed by atoms with E-state index in [-0.39, 0.29) is 17.9 Å². The van der Waals surface area contributed by atoms with Gasteiger partial charge in [0.25, 0.3) is 5.91 Å². The molecule has 0 aliphatic heterocycles. The maximum atomic E-state index is 14.0. The molecular weight excluding hydrogens is 490 g/mol. The lowest BCUT2D eigenvalue weighted by Gasteiger charge is -2.34. The van der Waals surface area contributed by atoms with Crippen LogP contribution in [0.25, 0.3) is 0 Å². The van der Waals surface area contributed by atoms with E-state index < -0.39 is 23.8 Å². The van der Waals surface area contributed by atoms with E-state index in [1.54, 1.807) is 68.8 Å². The fourth-order valence-corrected chi connectivity index (χ4v) is 4.42. The van der Waals surface area contributed by atoms with E-state index in [1.165, 1.54) is 0 Å². The van der Waals surface area contributed by atoms with Crippen molar-refractivity contribution >= 4 is 35.4 Å². The minimum Gasteiger partial charge on any atom is -0.497 e. The van der Waals surface area contributed by atoms with Crippen LogP contribution in [0.15, 0.2) is 54.6 Å². The van der Waals surface area contributed by atoms with E-state index >= 15 is 0 Å². The lowest BCUT2D eigenvalue weighted by atomic mass is 10.0. The molecule has 1 aliphatic carbocycles. The fraction of sp³-hybridized carbons (Fsp3) is 0.464. The van der Waals surface area contributed by atoms with Crippen LogP contribution in [0.1, 0.15) is 51.6 Å². The zero-order valence-electron chi connectivity index (χ0n) is 22.2. The van der Waals surface area contributed by atoms with E-state index in [0.29, 0.717) is 29.2 Å². The Balaban J connectivity index is 1.92. The van der Waals surface area contributed by atoms with Crippen LogP contribution in [0.5, 0.6) is 5.75 Å². The first-order valence-corrected chi connectivity index (χ1v) is 13.8. The number of nitrogens with zero attached hydrogens (tertiary/aromatic N) is 1. The molecule has 0 radical (unpaired) electrons. The summed E-state index contributed by atoms with van der Waals surface area (Å²) in [7, 11) is 1.58. The minimum atomic E-state index is -0.861. The number of ether oxygens (including phenoxy) is 2. The molecule has 3 rings (SSSR count). The minimum absolute atomic E-state index is 0.0865. The molecule has 2 atom stereocenters. The predicted molar refractivity (Wildman–Crippen MR) is 147 cm³/mol. The second-order valence-electron chi connectivity index (χ2n) is 9.99. The van der Waals surface area contributed by atoms with Crippen LogP contribution in [0.2, 0.25) is 0 Å². The summed E-state index contributed by atoms with van der Waals surface area (Å²) in [5, 5.41) is 5.73. The van der Waals surface area contributed by atoms with Crippen molar-refractivity contribution in [1.29, 1.82) is 0 Å². The molecule has 0 heterocycles. The highest BCUT2D eigenvalue weighted by atomic mass is 32.2. The summed E-state index contributed by atoms with van der Waals surface area (Å²) in [6, 6.07) is 14.5. The van der Waals surface area contributed by atoms with Gasteiger partial charge in [-0.15, -0.1) is 0 Å². The first kappa shape index (κ1) is 28.4. The van der Waals surface area contributed by atoms with Gasteiger partial charge in [-0.25, -0.2) is 4.79 Å². The third-order valence-electron chi connectivity index (χ3n) is 5.79. The van der Waals surface area contributed by atoms with E-state index in [1.807, 2.05) is 36.6 Å². The summed E-state index contributed by atoms with van der Waals surface area (Å²) < 4.78 is 10.6.